The molecule has 0 saturated heterocycles. The van der Waals surface area contributed by atoms with Crippen LogP contribution in [0.2, 0.25) is 5.02 Å². The number of anilines is 1. The normalized spacial score (nSPS) is 21.5. The number of hydrogen-bond acceptors (Lipinski definition) is 5. The Morgan fingerprint density at radius 3 is 2.45 bits per heavy atom. The number of aliphatic imine (C=N–C) groups is 1. The highest BCUT2D eigenvalue weighted by Gasteiger charge is 2.43. The summed E-state index contributed by atoms with van der Waals surface area (Å²) in [5, 5.41) is 6.69. The van der Waals surface area contributed by atoms with Gasteiger partial charge in [0.05, 0.1) is 5.69 Å². The average Bonchev–Trinajstić information content (AvgIpc) is 2.73. The third kappa shape index (κ3) is 2.77. The molecule has 118 valence electrons. The van der Waals surface area contributed by atoms with Gasteiger partial charge < -0.3 is 5.84 Å². The summed E-state index contributed by atoms with van der Waals surface area (Å²) in [4.78, 5) is 4.98. The fraction of sp³-hybridized carbons (Fsp3) is 0.500. The van der Waals surface area contributed by atoms with E-state index in [0.717, 1.165) is 35.1 Å². The van der Waals surface area contributed by atoms with Gasteiger partial charge >= 0.3 is 0 Å². The molecule has 1 spiro atoms. The molecule has 6 heteroatoms. The van der Waals surface area contributed by atoms with Gasteiger partial charge in [-0.25, -0.2) is 4.99 Å². The van der Waals surface area contributed by atoms with Gasteiger partial charge in [-0.3, -0.25) is 10.4 Å². The second-order valence-electron chi connectivity index (χ2n) is 6.00. The Labute approximate surface area is 136 Å². The molecule has 0 aromatic heterocycles. The Morgan fingerprint density at radius 2 is 1.86 bits per heavy atom. The minimum absolute atomic E-state index is 0.244. The van der Waals surface area contributed by atoms with Crippen molar-refractivity contribution in [2.45, 2.75) is 51.1 Å². The van der Waals surface area contributed by atoms with E-state index in [2.05, 4.69) is 15.5 Å². The molecule has 0 amide bonds. The van der Waals surface area contributed by atoms with Crippen molar-refractivity contribution in [1.82, 2.24) is 5.43 Å². The summed E-state index contributed by atoms with van der Waals surface area (Å²) in [6.07, 6.45) is 6.97. The van der Waals surface area contributed by atoms with Crippen LogP contribution < -0.4 is 16.3 Å². The smallest absolute Gasteiger partial charge is 0.165 e. The number of nitrogens with zero attached hydrogens (tertiary/aromatic N) is 3. The van der Waals surface area contributed by atoms with Crippen molar-refractivity contribution in [1.29, 1.82) is 0 Å². The fourth-order valence-corrected chi connectivity index (χ4v) is 3.37. The molecule has 0 unspecified atom stereocenters. The second kappa shape index (κ2) is 6.16. The minimum atomic E-state index is -0.244. The van der Waals surface area contributed by atoms with Crippen LogP contribution in [0.4, 0.5) is 5.69 Å². The molecule has 5 nitrogen and oxygen atoms in total. The molecule has 2 aliphatic rings. The zero-order valence-corrected chi connectivity index (χ0v) is 13.6. The van der Waals surface area contributed by atoms with Crippen LogP contribution in [0.1, 0.15) is 45.4 Å². The van der Waals surface area contributed by atoms with Gasteiger partial charge in [-0.2, -0.15) is 5.10 Å². The molecule has 1 heterocycles. The molecule has 0 radical (unpaired) electrons. The van der Waals surface area contributed by atoms with Crippen LogP contribution in [-0.4, -0.2) is 17.2 Å². The van der Waals surface area contributed by atoms with Crippen molar-refractivity contribution in [2.24, 2.45) is 15.9 Å². The van der Waals surface area contributed by atoms with Gasteiger partial charge in [-0.1, -0.05) is 24.4 Å². The molecule has 1 aromatic rings. The molecule has 3 N–H and O–H groups in total. The summed E-state index contributed by atoms with van der Waals surface area (Å²) >= 11 is 6.02. The van der Waals surface area contributed by atoms with Crippen molar-refractivity contribution in [2.75, 3.05) is 5.01 Å². The fourth-order valence-electron chi connectivity index (χ4n) is 3.24. The number of hydrogen-bond donors (Lipinski definition) is 2. The highest BCUT2D eigenvalue weighted by molar-refractivity contribution is 6.41. The summed E-state index contributed by atoms with van der Waals surface area (Å²) in [6.45, 7) is 1.88. The summed E-state index contributed by atoms with van der Waals surface area (Å²) in [6, 6.07) is 7.86. The predicted molar refractivity (Wildman–Crippen MR) is 92.2 cm³/mol. The van der Waals surface area contributed by atoms with E-state index >= 15 is 0 Å². The number of rotatable bonds is 2. The third-order valence-corrected chi connectivity index (χ3v) is 4.73. The highest BCUT2D eigenvalue weighted by atomic mass is 35.5. The van der Waals surface area contributed by atoms with E-state index < -0.39 is 0 Å². The number of nitrogens with one attached hydrogen (secondary N) is 1. The SMILES string of the molecule is CC(=NN)C1=NC2(CCCCCC2)N(c2ccc(Cl)cc2)N1. The zero-order valence-electron chi connectivity index (χ0n) is 12.8. The molecule has 0 atom stereocenters. The van der Waals surface area contributed by atoms with Gasteiger partial charge in [0.2, 0.25) is 0 Å². The third-order valence-electron chi connectivity index (χ3n) is 4.48. The van der Waals surface area contributed by atoms with E-state index in [1.807, 2.05) is 31.2 Å². The first-order chi connectivity index (χ1) is 10.6. The van der Waals surface area contributed by atoms with Crippen molar-refractivity contribution in [3.63, 3.8) is 0 Å². The van der Waals surface area contributed by atoms with Gasteiger partial charge in [-0.05, 0) is 56.9 Å². The van der Waals surface area contributed by atoms with Crippen LogP contribution in [0.25, 0.3) is 0 Å². The quantitative estimate of drug-likeness (QED) is 0.498. The number of benzene rings is 1. The standard InChI is InChI=1S/C16H22ClN5/c1-12(20-18)15-19-16(10-4-2-3-5-11-16)22(21-15)14-8-6-13(17)7-9-14/h6-9H,2-5,10-11,18H2,1H3,(H,19,21). The first kappa shape index (κ1) is 15.2. The van der Waals surface area contributed by atoms with Crippen LogP contribution in [0.3, 0.4) is 0 Å². The van der Waals surface area contributed by atoms with E-state index in [1.165, 1.54) is 25.7 Å². The monoisotopic (exact) mass is 319 g/mol. The molecule has 1 aliphatic carbocycles. The predicted octanol–water partition coefficient (Wildman–Crippen LogP) is 3.45. The maximum atomic E-state index is 6.02. The number of amidine groups is 1. The van der Waals surface area contributed by atoms with Crippen LogP contribution in [0.5, 0.6) is 0 Å². The van der Waals surface area contributed by atoms with E-state index in [-0.39, 0.29) is 5.66 Å². The van der Waals surface area contributed by atoms with Crippen molar-refractivity contribution in [3.8, 4) is 0 Å². The van der Waals surface area contributed by atoms with Gasteiger partial charge in [0, 0.05) is 5.02 Å². The van der Waals surface area contributed by atoms with Gasteiger partial charge in [0.1, 0.15) is 5.71 Å². The van der Waals surface area contributed by atoms with Crippen molar-refractivity contribution in [3.05, 3.63) is 29.3 Å². The second-order valence-corrected chi connectivity index (χ2v) is 6.43. The first-order valence-corrected chi connectivity index (χ1v) is 8.20. The topological polar surface area (TPSA) is 66.0 Å². The van der Waals surface area contributed by atoms with Gasteiger partial charge in [-0.15, -0.1) is 0 Å². The molecule has 3 rings (SSSR count). The maximum Gasteiger partial charge on any atom is 0.165 e. The summed E-state index contributed by atoms with van der Waals surface area (Å²) in [7, 11) is 0. The lowest BCUT2D eigenvalue weighted by Crippen LogP contribution is -2.50. The van der Waals surface area contributed by atoms with E-state index in [0.29, 0.717) is 0 Å². The summed E-state index contributed by atoms with van der Waals surface area (Å²) in [5.41, 5.74) is 4.94. The number of hydrazine groups is 1. The van der Waals surface area contributed by atoms with Crippen molar-refractivity contribution >= 4 is 28.8 Å². The van der Waals surface area contributed by atoms with E-state index in [9.17, 15) is 0 Å². The van der Waals surface area contributed by atoms with Crippen LogP contribution in [-0.2, 0) is 0 Å². The molecule has 0 bridgehead atoms. The Hall–Kier alpha value is -1.75. The minimum Gasteiger partial charge on any atom is -0.323 e. The largest absolute Gasteiger partial charge is 0.323 e. The lowest BCUT2D eigenvalue weighted by Gasteiger charge is -2.36. The van der Waals surface area contributed by atoms with Gasteiger partial charge in [0.15, 0.2) is 11.5 Å². The Bertz CT molecular complexity index is 585. The summed E-state index contributed by atoms with van der Waals surface area (Å²) < 4.78 is 0. The Kier molecular flexibility index (Phi) is 4.25. The molecular weight excluding hydrogens is 298 g/mol. The maximum absolute atomic E-state index is 6.02. The summed E-state index contributed by atoms with van der Waals surface area (Å²) in [5.74, 6) is 6.20. The number of hydrazone groups is 1. The molecule has 1 aromatic carbocycles. The number of halogens is 1. The van der Waals surface area contributed by atoms with Crippen LogP contribution in [0, 0.1) is 0 Å². The Morgan fingerprint density at radius 1 is 1.23 bits per heavy atom. The molecular formula is C16H22ClN5. The lowest BCUT2D eigenvalue weighted by atomic mass is 10.00. The van der Waals surface area contributed by atoms with E-state index in [4.69, 9.17) is 22.4 Å². The van der Waals surface area contributed by atoms with Crippen LogP contribution >= 0.6 is 11.6 Å². The first-order valence-electron chi connectivity index (χ1n) is 7.82. The number of nitrogens with two attached hydrogens (primary N) is 1. The average molecular weight is 320 g/mol. The molecule has 22 heavy (non-hydrogen) atoms. The van der Waals surface area contributed by atoms with Crippen molar-refractivity contribution < 1.29 is 0 Å². The molecule has 1 aliphatic heterocycles. The van der Waals surface area contributed by atoms with E-state index in [1.54, 1.807) is 0 Å². The lowest BCUT2D eigenvalue weighted by molar-refractivity contribution is 0.364. The zero-order chi connectivity index (χ0) is 15.6. The Balaban J connectivity index is 1.98. The highest BCUT2D eigenvalue weighted by Crippen LogP contribution is 2.38. The van der Waals surface area contributed by atoms with Crippen LogP contribution in [0.15, 0.2) is 34.4 Å². The molecule has 1 fully saturated rings. The van der Waals surface area contributed by atoms with Gasteiger partial charge in [0.25, 0.3) is 0 Å². The molecule has 1 saturated carbocycles.